The van der Waals surface area contributed by atoms with Crippen LogP contribution in [0.15, 0.2) is 59.2 Å². The zero-order valence-electron chi connectivity index (χ0n) is 12.9. The molecule has 0 atom stereocenters. The first kappa shape index (κ1) is 14.9. The zero-order valence-corrected chi connectivity index (χ0v) is 14.5. The average Bonchev–Trinajstić information content (AvgIpc) is 3.02. The van der Waals surface area contributed by atoms with E-state index in [4.69, 9.17) is 0 Å². The molecule has 4 rings (SSSR count). The Bertz CT molecular complexity index is 1080. The molecule has 4 nitrogen and oxygen atoms in total. The molecule has 0 radical (unpaired) electrons. The summed E-state index contributed by atoms with van der Waals surface area (Å²) in [5.41, 5.74) is 4.12. The predicted molar refractivity (Wildman–Crippen MR) is 100 cm³/mol. The van der Waals surface area contributed by atoms with Crippen molar-refractivity contribution in [3.63, 3.8) is 0 Å². The molecular formula is C19H14BrN3O. The van der Waals surface area contributed by atoms with Crippen molar-refractivity contribution in [3.8, 4) is 0 Å². The van der Waals surface area contributed by atoms with E-state index in [1.807, 2.05) is 55.5 Å². The van der Waals surface area contributed by atoms with Crippen LogP contribution >= 0.6 is 15.9 Å². The van der Waals surface area contributed by atoms with E-state index in [1.165, 1.54) is 0 Å². The van der Waals surface area contributed by atoms with Gasteiger partial charge in [-0.05, 0) is 52.7 Å². The summed E-state index contributed by atoms with van der Waals surface area (Å²) in [5.74, 6) is -0.181. The lowest BCUT2D eigenvalue weighted by Crippen LogP contribution is -2.12. The third-order valence-electron chi connectivity index (χ3n) is 3.98. The second-order valence-electron chi connectivity index (χ2n) is 5.73. The van der Waals surface area contributed by atoms with Crippen molar-refractivity contribution in [1.82, 2.24) is 9.97 Å². The molecule has 2 aromatic carbocycles. The predicted octanol–water partition coefficient (Wildman–Crippen LogP) is 5.04. The van der Waals surface area contributed by atoms with Crippen LogP contribution in [0.3, 0.4) is 0 Å². The van der Waals surface area contributed by atoms with E-state index in [9.17, 15) is 4.79 Å². The quantitative estimate of drug-likeness (QED) is 0.512. The first-order valence-corrected chi connectivity index (χ1v) is 8.35. The van der Waals surface area contributed by atoms with Crippen molar-refractivity contribution < 1.29 is 4.79 Å². The lowest BCUT2D eigenvalue weighted by Gasteiger charge is -2.07. The molecule has 0 aliphatic heterocycles. The second-order valence-corrected chi connectivity index (χ2v) is 6.58. The molecule has 0 saturated heterocycles. The van der Waals surface area contributed by atoms with E-state index in [0.29, 0.717) is 5.69 Å². The van der Waals surface area contributed by atoms with Crippen LogP contribution in [0.1, 0.15) is 16.1 Å². The number of nitrogens with one attached hydrogen (secondary N) is 2. The highest BCUT2D eigenvalue weighted by atomic mass is 79.9. The highest BCUT2D eigenvalue weighted by Crippen LogP contribution is 2.26. The number of rotatable bonds is 2. The first-order chi connectivity index (χ1) is 11.6. The Kier molecular flexibility index (Phi) is 3.58. The number of aromatic amines is 1. The van der Waals surface area contributed by atoms with Crippen LogP contribution in [0.5, 0.6) is 0 Å². The highest BCUT2D eigenvalue weighted by Gasteiger charge is 2.13. The molecule has 5 heteroatoms. The molecule has 0 saturated carbocycles. The van der Waals surface area contributed by atoms with E-state index in [-0.39, 0.29) is 5.91 Å². The van der Waals surface area contributed by atoms with E-state index in [1.54, 1.807) is 6.20 Å². The van der Waals surface area contributed by atoms with Crippen LogP contribution < -0.4 is 5.32 Å². The van der Waals surface area contributed by atoms with E-state index >= 15 is 0 Å². The lowest BCUT2D eigenvalue weighted by molar-refractivity contribution is 0.102. The Hall–Kier alpha value is -2.66. The standard InChI is InChI=1S/C19H14BrN3O/c1-11-4-7-15(14(20)9-11)23-19(24)16-10-13-6-5-12-3-2-8-21-17(12)18(13)22-16/h2-10,22H,1H3,(H,23,24). The molecular weight excluding hydrogens is 366 g/mol. The van der Waals surface area contributed by atoms with Gasteiger partial charge >= 0.3 is 0 Å². The van der Waals surface area contributed by atoms with Crippen molar-refractivity contribution in [1.29, 1.82) is 0 Å². The van der Waals surface area contributed by atoms with Gasteiger partial charge in [-0.15, -0.1) is 0 Å². The number of carbonyl (C=O) groups is 1. The molecule has 0 spiro atoms. The molecule has 0 aliphatic rings. The minimum atomic E-state index is -0.181. The summed E-state index contributed by atoms with van der Waals surface area (Å²) < 4.78 is 0.860. The minimum absolute atomic E-state index is 0.181. The summed E-state index contributed by atoms with van der Waals surface area (Å²) in [4.78, 5) is 20.2. The number of nitrogens with zero attached hydrogens (tertiary/aromatic N) is 1. The van der Waals surface area contributed by atoms with Crippen molar-refractivity contribution in [2.45, 2.75) is 6.92 Å². The van der Waals surface area contributed by atoms with E-state index in [2.05, 4.69) is 31.2 Å². The lowest BCUT2D eigenvalue weighted by atomic mass is 10.1. The molecule has 2 heterocycles. The summed E-state index contributed by atoms with van der Waals surface area (Å²) in [7, 11) is 0. The molecule has 1 amide bonds. The summed E-state index contributed by atoms with van der Waals surface area (Å²) in [6, 6.07) is 15.6. The number of benzene rings is 2. The van der Waals surface area contributed by atoms with Crippen LogP contribution in [0, 0.1) is 6.92 Å². The van der Waals surface area contributed by atoms with Gasteiger partial charge in [-0.25, -0.2) is 0 Å². The molecule has 0 fully saturated rings. The summed E-state index contributed by atoms with van der Waals surface area (Å²) >= 11 is 3.48. The largest absolute Gasteiger partial charge is 0.349 e. The van der Waals surface area contributed by atoms with Crippen molar-refractivity contribution in [2.75, 3.05) is 5.32 Å². The maximum Gasteiger partial charge on any atom is 0.272 e. The van der Waals surface area contributed by atoms with Crippen molar-refractivity contribution in [2.24, 2.45) is 0 Å². The monoisotopic (exact) mass is 379 g/mol. The number of aryl methyl sites for hydroxylation is 1. The molecule has 0 bridgehead atoms. The number of halogens is 1. The second kappa shape index (κ2) is 5.76. The molecule has 118 valence electrons. The van der Waals surface area contributed by atoms with E-state index < -0.39 is 0 Å². The Balaban J connectivity index is 1.73. The number of aromatic nitrogens is 2. The Morgan fingerprint density at radius 2 is 1.96 bits per heavy atom. The van der Waals surface area contributed by atoms with Crippen LogP contribution in [0.2, 0.25) is 0 Å². The van der Waals surface area contributed by atoms with Gasteiger partial charge in [0.05, 0.1) is 16.7 Å². The SMILES string of the molecule is Cc1ccc(NC(=O)c2cc3ccc4cccnc4c3[nH]2)c(Br)c1. The van der Waals surface area contributed by atoms with Gasteiger partial charge in [0.15, 0.2) is 0 Å². The number of hydrogen-bond donors (Lipinski definition) is 2. The summed E-state index contributed by atoms with van der Waals surface area (Å²) in [5, 5.41) is 4.93. The first-order valence-electron chi connectivity index (χ1n) is 7.56. The Labute approximate surface area is 147 Å². The normalized spacial score (nSPS) is 11.1. The van der Waals surface area contributed by atoms with E-state index in [0.717, 1.165) is 37.5 Å². The molecule has 24 heavy (non-hydrogen) atoms. The van der Waals surface area contributed by atoms with Gasteiger partial charge in [0.1, 0.15) is 5.69 Å². The fraction of sp³-hybridized carbons (Fsp3) is 0.0526. The maximum absolute atomic E-state index is 12.6. The number of fused-ring (bicyclic) bond motifs is 3. The van der Waals surface area contributed by atoms with Gasteiger partial charge in [-0.3, -0.25) is 9.78 Å². The minimum Gasteiger partial charge on any atom is -0.349 e. The van der Waals surface area contributed by atoms with Crippen molar-refractivity contribution >= 4 is 49.3 Å². The smallest absolute Gasteiger partial charge is 0.272 e. The van der Waals surface area contributed by atoms with Crippen LogP contribution in [-0.4, -0.2) is 15.9 Å². The number of carbonyl (C=O) groups excluding carboxylic acids is 1. The van der Waals surface area contributed by atoms with Crippen LogP contribution in [-0.2, 0) is 0 Å². The van der Waals surface area contributed by atoms with Gasteiger partial charge in [0.2, 0.25) is 0 Å². The van der Waals surface area contributed by atoms with Crippen molar-refractivity contribution in [3.05, 3.63) is 70.5 Å². The summed E-state index contributed by atoms with van der Waals surface area (Å²) in [6.07, 6.45) is 1.76. The molecule has 4 aromatic rings. The number of anilines is 1. The van der Waals surface area contributed by atoms with Gasteiger partial charge in [0.25, 0.3) is 5.91 Å². The molecule has 0 unspecified atom stereocenters. The third kappa shape index (κ3) is 2.57. The van der Waals surface area contributed by atoms with Gasteiger partial charge in [-0.2, -0.15) is 0 Å². The zero-order chi connectivity index (χ0) is 16.7. The fourth-order valence-corrected chi connectivity index (χ4v) is 3.36. The number of H-pyrrole nitrogens is 1. The molecule has 2 N–H and O–H groups in total. The topological polar surface area (TPSA) is 57.8 Å². The molecule has 0 aliphatic carbocycles. The van der Waals surface area contributed by atoms with Gasteiger partial charge < -0.3 is 10.3 Å². The number of pyridine rings is 1. The summed E-state index contributed by atoms with van der Waals surface area (Å²) in [6.45, 7) is 2.01. The third-order valence-corrected chi connectivity index (χ3v) is 4.64. The van der Waals surface area contributed by atoms with Crippen LogP contribution in [0.25, 0.3) is 21.8 Å². The Morgan fingerprint density at radius 1 is 1.12 bits per heavy atom. The highest BCUT2D eigenvalue weighted by molar-refractivity contribution is 9.10. The molecule has 2 aromatic heterocycles. The van der Waals surface area contributed by atoms with Gasteiger partial charge in [0, 0.05) is 21.4 Å². The maximum atomic E-state index is 12.6. The van der Waals surface area contributed by atoms with Gasteiger partial charge in [-0.1, -0.05) is 24.3 Å². The number of hydrogen-bond acceptors (Lipinski definition) is 2. The number of amides is 1. The van der Waals surface area contributed by atoms with Crippen LogP contribution in [0.4, 0.5) is 5.69 Å². The average molecular weight is 380 g/mol. The fourth-order valence-electron chi connectivity index (χ4n) is 2.77. The Morgan fingerprint density at radius 3 is 2.79 bits per heavy atom.